The van der Waals surface area contributed by atoms with Gasteiger partial charge in [0.2, 0.25) is 11.8 Å². The van der Waals surface area contributed by atoms with Crippen molar-refractivity contribution in [3.63, 3.8) is 0 Å². The van der Waals surface area contributed by atoms with Gasteiger partial charge < -0.3 is 39.0 Å². The van der Waals surface area contributed by atoms with E-state index in [1.54, 1.807) is 6.92 Å². The highest BCUT2D eigenvalue weighted by Crippen LogP contribution is 2.16. The van der Waals surface area contributed by atoms with E-state index in [1.807, 2.05) is 0 Å². The van der Waals surface area contributed by atoms with Crippen LogP contribution in [0, 0.1) is 0 Å². The summed E-state index contributed by atoms with van der Waals surface area (Å²) in [7, 11) is 0. The first kappa shape index (κ1) is 36.6. The fourth-order valence-electron chi connectivity index (χ4n) is 5.94. The number of nitrogens with one attached hydrogen (secondary N) is 2. The Labute approximate surface area is 263 Å². The van der Waals surface area contributed by atoms with E-state index in [2.05, 4.69) is 23.8 Å². The van der Waals surface area contributed by atoms with E-state index >= 15 is 0 Å². The summed E-state index contributed by atoms with van der Waals surface area (Å²) in [6, 6.07) is 0. The first-order valence-electron chi connectivity index (χ1n) is 16.4. The standard InChI is InChI=1S/C19H30N2O5.C13H26N2O3/c1-3-18(23)20(13-16-7-5-9-25-16)11-15(22)12-21(19(24)4-2)14-17-8-6-10-26-17;1-10(16)13(14-8-11-4-2-6-17-11)15-9-12-5-3-7-18-12/h3-4,15-17,22H,1-2,5-14H2;10-16H,2-9H2,1H3. The van der Waals surface area contributed by atoms with Crippen LogP contribution in [0.2, 0.25) is 0 Å². The maximum absolute atomic E-state index is 12.1. The van der Waals surface area contributed by atoms with E-state index in [-0.39, 0.29) is 43.3 Å². The molecule has 0 aromatic carbocycles. The van der Waals surface area contributed by atoms with E-state index in [4.69, 9.17) is 18.9 Å². The van der Waals surface area contributed by atoms with Crippen LogP contribution in [0.3, 0.4) is 0 Å². The Bertz CT molecular complexity index is 789. The molecule has 2 amide bonds. The Balaban J connectivity index is 0.000000257. The first-order chi connectivity index (χ1) is 21.3. The summed E-state index contributed by atoms with van der Waals surface area (Å²) in [5.41, 5.74) is 0. The van der Waals surface area contributed by atoms with Crippen molar-refractivity contribution >= 4 is 11.8 Å². The number of hydrogen-bond acceptors (Lipinski definition) is 10. The van der Waals surface area contributed by atoms with Gasteiger partial charge in [-0.05, 0) is 70.4 Å². The summed E-state index contributed by atoms with van der Waals surface area (Å²) >= 11 is 0. The van der Waals surface area contributed by atoms with Crippen molar-refractivity contribution in [2.45, 2.75) is 101 Å². The zero-order valence-electron chi connectivity index (χ0n) is 26.6. The molecule has 12 heteroatoms. The third kappa shape index (κ3) is 13.2. The molecule has 4 saturated heterocycles. The third-order valence-electron chi connectivity index (χ3n) is 8.39. The fourth-order valence-corrected chi connectivity index (χ4v) is 5.94. The van der Waals surface area contributed by atoms with Crippen LogP contribution in [0.25, 0.3) is 0 Å². The smallest absolute Gasteiger partial charge is 0.246 e. The molecule has 4 aliphatic heterocycles. The van der Waals surface area contributed by atoms with Crippen LogP contribution < -0.4 is 10.6 Å². The molecule has 0 spiro atoms. The molecular weight excluding hydrogens is 568 g/mol. The second-order valence-electron chi connectivity index (χ2n) is 12.1. The van der Waals surface area contributed by atoms with Crippen LogP contribution in [0.1, 0.15) is 58.3 Å². The van der Waals surface area contributed by atoms with Gasteiger partial charge in [-0.1, -0.05) is 13.2 Å². The van der Waals surface area contributed by atoms with Gasteiger partial charge >= 0.3 is 0 Å². The summed E-state index contributed by atoms with van der Waals surface area (Å²) < 4.78 is 22.3. The predicted molar refractivity (Wildman–Crippen MR) is 167 cm³/mol. The van der Waals surface area contributed by atoms with Gasteiger partial charge in [-0.15, -0.1) is 0 Å². The van der Waals surface area contributed by atoms with Crippen molar-refractivity contribution in [2.24, 2.45) is 0 Å². The van der Waals surface area contributed by atoms with E-state index < -0.39 is 12.2 Å². The number of carbonyl (C=O) groups excluding carboxylic acids is 2. The predicted octanol–water partition coefficient (Wildman–Crippen LogP) is 0.965. The first-order valence-corrected chi connectivity index (χ1v) is 16.4. The lowest BCUT2D eigenvalue weighted by molar-refractivity contribution is -0.131. The van der Waals surface area contributed by atoms with Gasteiger partial charge in [-0.3, -0.25) is 20.2 Å². The van der Waals surface area contributed by atoms with Gasteiger partial charge in [0, 0.05) is 65.7 Å². The van der Waals surface area contributed by atoms with Crippen molar-refractivity contribution in [3.8, 4) is 0 Å². The topological polar surface area (TPSA) is 142 Å². The molecule has 0 saturated carbocycles. The molecule has 12 nitrogen and oxygen atoms in total. The molecule has 4 fully saturated rings. The Kier molecular flexibility index (Phi) is 16.8. The van der Waals surface area contributed by atoms with Crippen LogP contribution in [-0.4, -0.2) is 140 Å². The van der Waals surface area contributed by atoms with Crippen LogP contribution in [0.15, 0.2) is 25.3 Å². The zero-order chi connectivity index (χ0) is 31.7. The largest absolute Gasteiger partial charge is 0.390 e. The highest BCUT2D eigenvalue weighted by atomic mass is 16.5. The number of rotatable bonds is 17. The molecule has 4 rings (SSSR count). The van der Waals surface area contributed by atoms with E-state index in [0.717, 1.165) is 77.7 Å². The van der Waals surface area contributed by atoms with Gasteiger partial charge in [-0.2, -0.15) is 0 Å². The molecular formula is C32H56N4O8. The molecule has 4 aliphatic rings. The highest BCUT2D eigenvalue weighted by molar-refractivity contribution is 5.87. The number of amides is 2. The van der Waals surface area contributed by atoms with Gasteiger partial charge in [-0.25, -0.2) is 0 Å². The van der Waals surface area contributed by atoms with Crippen LogP contribution in [0.5, 0.6) is 0 Å². The van der Waals surface area contributed by atoms with E-state index in [0.29, 0.717) is 38.5 Å². The minimum atomic E-state index is -0.870. The SMILES string of the molecule is C=CC(=O)N(CC(O)CN(CC1CCCO1)C(=O)C=C)CC1CCCO1.CC(O)C(NCC1CCCO1)NCC1CCCO1. The van der Waals surface area contributed by atoms with Crippen LogP contribution in [0.4, 0.5) is 0 Å². The quantitative estimate of drug-likeness (QED) is 0.137. The second kappa shape index (κ2) is 20.3. The zero-order valence-corrected chi connectivity index (χ0v) is 26.6. The Hall–Kier alpha value is -1.90. The van der Waals surface area contributed by atoms with Crippen LogP contribution in [-0.2, 0) is 28.5 Å². The molecule has 4 N–H and O–H groups in total. The summed E-state index contributed by atoms with van der Waals surface area (Å²) in [6.45, 7) is 14.7. The number of hydrogen-bond donors (Lipinski definition) is 4. The molecule has 0 aromatic heterocycles. The minimum Gasteiger partial charge on any atom is -0.390 e. The third-order valence-corrected chi connectivity index (χ3v) is 8.39. The fraction of sp³-hybridized carbons (Fsp3) is 0.812. The average Bonchev–Trinajstić information content (AvgIpc) is 3.85. The van der Waals surface area contributed by atoms with Crippen molar-refractivity contribution in [3.05, 3.63) is 25.3 Å². The number of ether oxygens (including phenoxy) is 4. The van der Waals surface area contributed by atoms with Crippen molar-refractivity contribution in [1.29, 1.82) is 0 Å². The average molecular weight is 625 g/mol. The van der Waals surface area contributed by atoms with Gasteiger partial charge in [0.05, 0.1) is 42.8 Å². The Morgan fingerprint density at radius 3 is 1.39 bits per heavy atom. The molecule has 5 unspecified atom stereocenters. The minimum absolute atomic E-state index is 0.0103. The molecule has 0 aliphatic carbocycles. The van der Waals surface area contributed by atoms with Gasteiger partial charge in [0.25, 0.3) is 0 Å². The highest BCUT2D eigenvalue weighted by Gasteiger charge is 2.27. The van der Waals surface area contributed by atoms with Crippen LogP contribution >= 0.6 is 0 Å². The Morgan fingerprint density at radius 1 is 0.727 bits per heavy atom. The summed E-state index contributed by atoms with van der Waals surface area (Å²) in [4.78, 5) is 27.3. The molecule has 0 aromatic rings. The molecule has 5 atom stereocenters. The number of carbonyl (C=O) groups is 2. The van der Waals surface area contributed by atoms with Crippen molar-refractivity contribution in [2.75, 3.05) is 65.7 Å². The monoisotopic (exact) mass is 624 g/mol. The molecule has 0 bridgehead atoms. The maximum atomic E-state index is 12.1. The second-order valence-corrected chi connectivity index (χ2v) is 12.1. The van der Waals surface area contributed by atoms with Crippen molar-refractivity contribution in [1.82, 2.24) is 20.4 Å². The van der Waals surface area contributed by atoms with E-state index in [9.17, 15) is 19.8 Å². The molecule has 4 heterocycles. The lowest BCUT2D eigenvalue weighted by Crippen LogP contribution is -2.53. The van der Waals surface area contributed by atoms with Crippen molar-refractivity contribution < 1.29 is 38.7 Å². The maximum Gasteiger partial charge on any atom is 0.246 e. The lowest BCUT2D eigenvalue weighted by Gasteiger charge is -2.30. The van der Waals surface area contributed by atoms with E-state index in [1.165, 1.54) is 22.0 Å². The number of aliphatic hydroxyl groups is 2. The summed E-state index contributed by atoms with van der Waals surface area (Å²) in [6.07, 6.45) is 9.96. The molecule has 44 heavy (non-hydrogen) atoms. The summed E-state index contributed by atoms with van der Waals surface area (Å²) in [5, 5.41) is 26.9. The number of nitrogens with zero attached hydrogens (tertiary/aromatic N) is 2. The number of aliphatic hydroxyl groups excluding tert-OH is 2. The molecule has 0 radical (unpaired) electrons. The summed E-state index contributed by atoms with van der Waals surface area (Å²) in [5.74, 6) is -0.499. The lowest BCUT2D eigenvalue weighted by atomic mass is 10.2. The van der Waals surface area contributed by atoms with Gasteiger partial charge in [0.1, 0.15) is 0 Å². The Morgan fingerprint density at radius 2 is 1.09 bits per heavy atom. The van der Waals surface area contributed by atoms with Gasteiger partial charge in [0.15, 0.2) is 0 Å². The normalized spacial score (nSPS) is 26.8. The molecule has 252 valence electrons.